The van der Waals surface area contributed by atoms with E-state index in [4.69, 9.17) is 9.47 Å². The number of likely N-dealkylation sites (tertiary alicyclic amines) is 1. The van der Waals surface area contributed by atoms with Gasteiger partial charge in [0.25, 0.3) is 0 Å². The SMILES string of the molecule is COc1cc(NC(=O)N2CCC[C@H]2c2ccsc2)ccc1NC(=O)OC(C)(C)C. The minimum atomic E-state index is -0.597. The number of methoxy groups -OCH3 is 1. The lowest BCUT2D eigenvalue weighted by Crippen LogP contribution is -2.34. The van der Waals surface area contributed by atoms with Gasteiger partial charge in [0.15, 0.2) is 0 Å². The molecule has 29 heavy (non-hydrogen) atoms. The molecule has 156 valence electrons. The van der Waals surface area contributed by atoms with Crippen LogP contribution in [0.15, 0.2) is 35.0 Å². The van der Waals surface area contributed by atoms with Crippen LogP contribution in [0, 0.1) is 0 Å². The summed E-state index contributed by atoms with van der Waals surface area (Å²) in [4.78, 5) is 26.7. The molecule has 0 radical (unpaired) electrons. The number of anilines is 2. The maximum atomic E-state index is 12.8. The van der Waals surface area contributed by atoms with Gasteiger partial charge in [0.05, 0.1) is 18.8 Å². The first-order valence-electron chi connectivity index (χ1n) is 9.54. The zero-order chi connectivity index (χ0) is 21.0. The van der Waals surface area contributed by atoms with E-state index >= 15 is 0 Å². The van der Waals surface area contributed by atoms with Gasteiger partial charge in [-0.15, -0.1) is 0 Å². The number of carbonyl (C=O) groups is 2. The highest BCUT2D eigenvalue weighted by Crippen LogP contribution is 2.34. The van der Waals surface area contributed by atoms with E-state index in [1.165, 1.54) is 12.7 Å². The summed E-state index contributed by atoms with van der Waals surface area (Å²) in [6.45, 7) is 6.11. The molecule has 1 aromatic carbocycles. The van der Waals surface area contributed by atoms with Crippen LogP contribution in [0.1, 0.15) is 45.2 Å². The molecule has 0 saturated carbocycles. The number of rotatable bonds is 4. The molecular weight excluding hydrogens is 390 g/mol. The van der Waals surface area contributed by atoms with Gasteiger partial charge in [-0.2, -0.15) is 11.3 Å². The van der Waals surface area contributed by atoms with Crippen molar-refractivity contribution < 1.29 is 19.1 Å². The summed E-state index contributed by atoms with van der Waals surface area (Å²) in [5.74, 6) is 0.435. The Hall–Kier alpha value is -2.74. The fourth-order valence-corrected chi connectivity index (χ4v) is 4.01. The molecule has 2 aromatic rings. The number of ether oxygens (including phenoxy) is 2. The molecule has 7 nitrogen and oxygen atoms in total. The second-order valence-corrected chi connectivity index (χ2v) is 8.66. The van der Waals surface area contributed by atoms with E-state index in [0.29, 0.717) is 17.1 Å². The quantitative estimate of drug-likeness (QED) is 0.691. The first kappa shape index (κ1) is 21.0. The Bertz CT molecular complexity index is 861. The zero-order valence-electron chi connectivity index (χ0n) is 17.2. The highest BCUT2D eigenvalue weighted by Gasteiger charge is 2.30. The third-order valence-electron chi connectivity index (χ3n) is 4.53. The van der Waals surface area contributed by atoms with Crippen LogP contribution in [0.3, 0.4) is 0 Å². The molecule has 3 rings (SSSR count). The Morgan fingerprint density at radius 2 is 2.00 bits per heavy atom. The number of nitrogens with zero attached hydrogens (tertiary/aromatic N) is 1. The first-order valence-corrected chi connectivity index (χ1v) is 10.5. The number of hydrogen-bond donors (Lipinski definition) is 2. The van der Waals surface area contributed by atoms with Gasteiger partial charge in [0.1, 0.15) is 11.4 Å². The second kappa shape index (κ2) is 8.73. The lowest BCUT2D eigenvalue weighted by molar-refractivity contribution is 0.0635. The predicted octanol–water partition coefficient (Wildman–Crippen LogP) is 5.47. The zero-order valence-corrected chi connectivity index (χ0v) is 18.0. The highest BCUT2D eigenvalue weighted by atomic mass is 32.1. The van der Waals surface area contributed by atoms with E-state index < -0.39 is 11.7 Å². The maximum Gasteiger partial charge on any atom is 0.412 e. The normalized spacial score (nSPS) is 16.4. The molecule has 0 bridgehead atoms. The smallest absolute Gasteiger partial charge is 0.412 e. The van der Waals surface area contributed by atoms with Gasteiger partial charge in [-0.3, -0.25) is 5.32 Å². The van der Waals surface area contributed by atoms with Crippen LogP contribution < -0.4 is 15.4 Å². The summed E-state index contributed by atoms with van der Waals surface area (Å²) >= 11 is 1.64. The third kappa shape index (κ3) is 5.41. The van der Waals surface area contributed by atoms with Crippen LogP contribution in [0.2, 0.25) is 0 Å². The molecule has 3 amide bonds. The Morgan fingerprint density at radius 1 is 1.21 bits per heavy atom. The van der Waals surface area contributed by atoms with Gasteiger partial charge in [0, 0.05) is 18.3 Å². The van der Waals surface area contributed by atoms with Crippen molar-refractivity contribution in [2.45, 2.75) is 45.3 Å². The van der Waals surface area contributed by atoms with Crippen molar-refractivity contribution in [2.75, 3.05) is 24.3 Å². The van der Waals surface area contributed by atoms with Gasteiger partial charge in [-0.25, -0.2) is 9.59 Å². The molecule has 8 heteroatoms. The largest absolute Gasteiger partial charge is 0.494 e. The van der Waals surface area contributed by atoms with E-state index in [-0.39, 0.29) is 12.1 Å². The molecule has 1 saturated heterocycles. The Kier molecular flexibility index (Phi) is 6.32. The van der Waals surface area contributed by atoms with Crippen LogP contribution in [0.4, 0.5) is 21.0 Å². The van der Waals surface area contributed by atoms with Crippen LogP contribution in [0.5, 0.6) is 5.75 Å². The number of nitrogens with one attached hydrogen (secondary N) is 2. The predicted molar refractivity (Wildman–Crippen MR) is 115 cm³/mol. The van der Waals surface area contributed by atoms with E-state index in [9.17, 15) is 9.59 Å². The molecular formula is C21H27N3O4S. The van der Waals surface area contributed by atoms with Crippen LogP contribution in [-0.4, -0.2) is 36.3 Å². The van der Waals surface area contributed by atoms with Gasteiger partial charge >= 0.3 is 12.1 Å². The van der Waals surface area contributed by atoms with Crippen molar-refractivity contribution in [3.05, 3.63) is 40.6 Å². The summed E-state index contributed by atoms with van der Waals surface area (Å²) in [5, 5.41) is 9.73. The molecule has 2 N–H and O–H groups in total. The Labute approximate surface area is 175 Å². The average Bonchev–Trinajstić information content (AvgIpc) is 3.32. The minimum Gasteiger partial charge on any atom is -0.494 e. The molecule has 1 fully saturated rings. The highest BCUT2D eigenvalue weighted by molar-refractivity contribution is 7.08. The molecule has 1 aliphatic rings. The molecule has 1 aromatic heterocycles. The van der Waals surface area contributed by atoms with Crippen molar-refractivity contribution in [2.24, 2.45) is 0 Å². The minimum absolute atomic E-state index is 0.108. The van der Waals surface area contributed by atoms with Gasteiger partial charge in [-0.05, 0) is 68.1 Å². The molecule has 2 heterocycles. The number of carbonyl (C=O) groups excluding carboxylic acids is 2. The fraction of sp³-hybridized carbons (Fsp3) is 0.429. The Morgan fingerprint density at radius 3 is 2.66 bits per heavy atom. The van der Waals surface area contributed by atoms with E-state index in [0.717, 1.165) is 19.4 Å². The number of urea groups is 1. The monoisotopic (exact) mass is 417 g/mol. The Balaban J connectivity index is 1.68. The standard InChI is InChI=1S/C21H27N3O4S/c1-21(2,3)28-20(26)23-16-8-7-15(12-18(16)27-4)22-19(25)24-10-5-6-17(24)14-9-11-29-13-14/h7-9,11-13,17H,5-6,10H2,1-4H3,(H,22,25)(H,23,26)/t17-/m0/s1. The van der Waals surface area contributed by atoms with Gasteiger partial charge in [-0.1, -0.05) is 0 Å². The third-order valence-corrected chi connectivity index (χ3v) is 5.23. The van der Waals surface area contributed by atoms with Crippen molar-refractivity contribution in [1.82, 2.24) is 4.90 Å². The summed E-state index contributed by atoms with van der Waals surface area (Å²) in [5.41, 5.74) is 1.65. The molecule has 0 aliphatic carbocycles. The number of benzene rings is 1. The molecule has 0 unspecified atom stereocenters. The van der Waals surface area contributed by atoms with Crippen LogP contribution in [-0.2, 0) is 4.74 Å². The first-order chi connectivity index (χ1) is 13.8. The summed E-state index contributed by atoms with van der Waals surface area (Å²) in [6.07, 6.45) is 1.38. The lowest BCUT2D eigenvalue weighted by Gasteiger charge is -2.25. The summed E-state index contributed by atoms with van der Waals surface area (Å²) in [7, 11) is 1.51. The molecule has 0 spiro atoms. The average molecular weight is 418 g/mol. The van der Waals surface area contributed by atoms with Crippen LogP contribution >= 0.6 is 11.3 Å². The van der Waals surface area contributed by atoms with Crippen LogP contribution in [0.25, 0.3) is 0 Å². The molecule has 1 aliphatic heterocycles. The molecule has 1 atom stereocenters. The summed E-state index contributed by atoms with van der Waals surface area (Å²) < 4.78 is 10.6. The topological polar surface area (TPSA) is 79.9 Å². The number of hydrogen-bond acceptors (Lipinski definition) is 5. The van der Waals surface area contributed by atoms with E-state index in [1.54, 1.807) is 50.3 Å². The van der Waals surface area contributed by atoms with Crippen molar-refractivity contribution in [3.63, 3.8) is 0 Å². The van der Waals surface area contributed by atoms with E-state index in [1.807, 2.05) is 10.3 Å². The fourth-order valence-electron chi connectivity index (χ4n) is 3.30. The van der Waals surface area contributed by atoms with Crippen molar-refractivity contribution in [3.8, 4) is 5.75 Å². The van der Waals surface area contributed by atoms with E-state index in [2.05, 4.69) is 22.1 Å². The maximum absolute atomic E-state index is 12.8. The van der Waals surface area contributed by atoms with Gasteiger partial charge < -0.3 is 19.7 Å². The number of amides is 3. The van der Waals surface area contributed by atoms with Crippen molar-refractivity contribution in [1.29, 1.82) is 0 Å². The van der Waals surface area contributed by atoms with Crippen molar-refractivity contribution >= 4 is 34.8 Å². The second-order valence-electron chi connectivity index (χ2n) is 7.88. The lowest BCUT2D eigenvalue weighted by atomic mass is 10.1. The number of thiophene rings is 1. The summed E-state index contributed by atoms with van der Waals surface area (Å²) in [6, 6.07) is 7.12. The van der Waals surface area contributed by atoms with Gasteiger partial charge in [0.2, 0.25) is 0 Å².